The molecule has 0 aliphatic carbocycles. The summed E-state index contributed by atoms with van der Waals surface area (Å²) < 4.78 is 30.6. The summed E-state index contributed by atoms with van der Waals surface area (Å²) in [5, 5.41) is 2.88. The molecule has 2 rings (SSSR count). The third kappa shape index (κ3) is 5.19. The molecule has 128 valence electrons. The lowest BCUT2D eigenvalue weighted by molar-refractivity contribution is 0.0190. The quantitative estimate of drug-likeness (QED) is 0.824. The fraction of sp³-hybridized carbons (Fsp3) is 0.533. The molecule has 0 bridgehead atoms. The third-order valence-corrected chi connectivity index (χ3v) is 5.10. The van der Waals surface area contributed by atoms with Crippen molar-refractivity contribution in [3.05, 3.63) is 35.4 Å². The van der Waals surface area contributed by atoms with Gasteiger partial charge in [0.25, 0.3) is 0 Å². The molecule has 1 atom stereocenters. The normalized spacial score (nSPS) is 18.7. The minimum atomic E-state index is -3.27. The number of nitrogens with zero attached hydrogens (tertiary/aromatic N) is 1. The van der Waals surface area contributed by atoms with Crippen LogP contribution < -0.4 is 10.0 Å². The number of carbonyl (C=O) groups excluding carboxylic acids is 1. The zero-order valence-electron chi connectivity index (χ0n) is 13.4. The lowest BCUT2D eigenvalue weighted by Gasteiger charge is -2.33. The second-order valence-corrected chi connectivity index (χ2v) is 7.48. The van der Waals surface area contributed by atoms with Crippen LogP contribution in [0.5, 0.6) is 0 Å². The highest BCUT2D eigenvalue weighted by atomic mass is 32.2. The Bertz CT molecular complexity index is 631. The smallest absolute Gasteiger partial charge is 0.318 e. The highest BCUT2D eigenvalue weighted by Gasteiger charge is 2.23. The first-order valence-corrected chi connectivity index (χ1v) is 9.18. The molecule has 1 aliphatic rings. The van der Waals surface area contributed by atoms with Gasteiger partial charge in [-0.3, -0.25) is 0 Å². The molecule has 1 fully saturated rings. The number of benzene rings is 1. The Balaban J connectivity index is 1.87. The Morgan fingerprint density at radius 2 is 1.96 bits per heavy atom. The SMILES string of the molecule is CNS(=O)(=O)Cc1ccc(CNC(=O)N2CCOC[C@H]2C)cc1. The van der Waals surface area contributed by atoms with Gasteiger partial charge in [-0.25, -0.2) is 17.9 Å². The number of sulfonamides is 1. The van der Waals surface area contributed by atoms with E-state index in [9.17, 15) is 13.2 Å². The Labute approximate surface area is 137 Å². The van der Waals surface area contributed by atoms with E-state index in [1.807, 2.05) is 19.1 Å². The van der Waals surface area contributed by atoms with Gasteiger partial charge >= 0.3 is 6.03 Å². The van der Waals surface area contributed by atoms with Gasteiger partial charge in [-0.1, -0.05) is 24.3 Å². The van der Waals surface area contributed by atoms with E-state index in [2.05, 4.69) is 10.0 Å². The van der Waals surface area contributed by atoms with Crippen molar-refractivity contribution in [2.45, 2.75) is 25.3 Å². The summed E-state index contributed by atoms with van der Waals surface area (Å²) in [4.78, 5) is 13.9. The number of hydrogen-bond acceptors (Lipinski definition) is 4. The molecule has 2 N–H and O–H groups in total. The topological polar surface area (TPSA) is 87.7 Å². The summed E-state index contributed by atoms with van der Waals surface area (Å²) in [6.07, 6.45) is 0. The number of ether oxygens (including phenoxy) is 1. The van der Waals surface area contributed by atoms with Crippen LogP contribution in [0.1, 0.15) is 18.1 Å². The van der Waals surface area contributed by atoms with Gasteiger partial charge in [0.1, 0.15) is 0 Å². The Morgan fingerprint density at radius 1 is 1.30 bits per heavy atom. The molecule has 7 nitrogen and oxygen atoms in total. The lowest BCUT2D eigenvalue weighted by atomic mass is 10.1. The zero-order chi connectivity index (χ0) is 16.9. The Hall–Kier alpha value is -1.64. The van der Waals surface area contributed by atoms with Crippen molar-refractivity contribution in [2.75, 3.05) is 26.8 Å². The molecular weight excluding hydrogens is 318 g/mol. The van der Waals surface area contributed by atoms with Gasteiger partial charge in [-0.05, 0) is 25.1 Å². The predicted octanol–water partition coefficient (Wildman–Crippen LogP) is 0.666. The van der Waals surface area contributed by atoms with E-state index in [0.717, 1.165) is 5.56 Å². The van der Waals surface area contributed by atoms with Crippen molar-refractivity contribution in [1.82, 2.24) is 14.9 Å². The number of carbonyl (C=O) groups is 1. The summed E-state index contributed by atoms with van der Waals surface area (Å²) in [6, 6.07) is 7.12. The standard InChI is InChI=1S/C15H23N3O4S/c1-12-10-22-8-7-18(12)15(19)17-9-13-3-5-14(6-4-13)11-23(20,21)16-2/h3-6,12,16H,7-11H2,1-2H3,(H,17,19)/t12-/m1/s1. The van der Waals surface area contributed by atoms with Crippen LogP contribution in [0.25, 0.3) is 0 Å². The second kappa shape index (κ2) is 7.76. The summed E-state index contributed by atoms with van der Waals surface area (Å²) in [7, 11) is -1.88. The molecule has 1 aromatic carbocycles. The van der Waals surface area contributed by atoms with E-state index in [1.165, 1.54) is 7.05 Å². The van der Waals surface area contributed by atoms with Crippen molar-refractivity contribution in [3.63, 3.8) is 0 Å². The molecule has 8 heteroatoms. The van der Waals surface area contributed by atoms with Gasteiger partial charge < -0.3 is 15.0 Å². The first kappa shape index (κ1) is 17.7. The molecule has 1 saturated heterocycles. The second-order valence-electron chi connectivity index (χ2n) is 5.56. The lowest BCUT2D eigenvalue weighted by Crippen LogP contribution is -2.51. The molecule has 23 heavy (non-hydrogen) atoms. The van der Waals surface area contributed by atoms with Crippen LogP contribution >= 0.6 is 0 Å². The van der Waals surface area contributed by atoms with Gasteiger partial charge in [-0.2, -0.15) is 0 Å². The van der Waals surface area contributed by atoms with E-state index >= 15 is 0 Å². The van der Waals surface area contributed by atoms with Crippen molar-refractivity contribution >= 4 is 16.1 Å². The molecule has 2 amide bonds. The molecule has 1 heterocycles. The van der Waals surface area contributed by atoms with Crippen molar-refractivity contribution in [3.8, 4) is 0 Å². The van der Waals surface area contributed by atoms with Gasteiger partial charge in [0.15, 0.2) is 0 Å². The van der Waals surface area contributed by atoms with Crippen LogP contribution in [0, 0.1) is 0 Å². The fourth-order valence-corrected chi connectivity index (χ4v) is 3.13. The first-order valence-electron chi connectivity index (χ1n) is 7.52. The van der Waals surface area contributed by atoms with Gasteiger partial charge in [-0.15, -0.1) is 0 Å². The third-order valence-electron chi connectivity index (χ3n) is 3.76. The van der Waals surface area contributed by atoms with E-state index in [-0.39, 0.29) is 17.8 Å². The molecule has 0 spiro atoms. The summed E-state index contributed by atoms with van der Waals surface area (Å²) in [6.45, 7) is 4.07. The van der Waals surface area contributed by atoms with Crippen LogP contribution in [-0.4, -0.2) is 52.2 Å². The zero-order valence-corrected chi connectivity index (χ0v) is 14.2. The summed E-state index contributed by atoms with van der Waals surface area (Å²) in [5.41, 5.74) is 1.63. The largest absolute Gasteiger partial charge is 0.377 e. The number of urea groups is 1. The molecular formula is C15H23N3O4S. The van der Waals surface area contributed by atoms with Crippen LogP contribution in [0.4, 0.5) is 4.79 Å². The summed E-state index contributed by atoms with van der Waals surface area (Å²) in [5.74, 6) is -0.0541. The fourth-order valence-electron chi connectivity index (χ4n) is 2.35. The van der Waals surface area contributed by atoms with Crippen LogP contribution in [0.15, 0.2) is 24.3 Å². The number of morpholine rings is 1. The van der Waals surface area contributed by atoms with Crippen molar-refractivity contribution in [2.24, 2.45) is 0 Å². The maximum absolute atomic E-state index is 12.1. The van der Waals surface area contributed by atoms with Gasteiger partial charge in [0.2, 0.25) is 10.0 Å². The number of amides is 2. The van der Waals surface area contributed by atoms with E-state index < -0.39 is 10.0 Å². The van der Waals surface area contributed by atoms with Gasteiger partial charge in [0, 0.05) is 13.1 Å². The van der Waals surface area contributed by atoms with Gasteiger partial charge in [0.05, 0.1) is 25.0 Å². The molecule has 0 saturated carbocycles. The predicted molar refractivity (Wildman–Crippen MR) is 87.3 cm³/mol. The number of hydrogen-bond donors (Lipinski definition) is 2. The molecule has 0 unspecified atom stereocenters. The van der Waals surface area contributed by atoms with Crippen LogP contribution in [0.3, 0.4) is 0 Å². The maximum atomic E-state index is 12.1. The van der Waals surface area contributed by atoms with Crippen molar-refractivity contribution in [1.29, 1.82) is 0 Å². The van der Waals surface area contributed by atoms with E-state index in [4.69, 9.17) is 4.74 Å². The average molecular weight is 341 g/mol. The van der Waals surface area contributed by atoms with Crippen LogP contribution in [0.2, 0.25) is 0 Å². The monoisotopic (exact) mass is 341 g/mol. The minimum absolute atomic E-state index is 0.0541. The maximum Gasteiger partial charge on any atom is 0.318 e. The molecule has 1 aromatic rings. The highest BCUT2D eigenvalue weighted by molar-refractivity contribution is 7.88. The van der Waals surface area contributed by atoms with E-state index in [0.29, 0.717) is 31.9 Å². The number of nitrogens with one attached hydrogen (secondary N) is 2. The molecule has 0 aromatic heterocycles. The molecule has 0 radical (unpaired) electrons. The van der Waals surface area contributed by atoms with Crippen LogP contribution in [-0.2, 0) is 27.1 Å². The average Bonchev–Trinajstić information content (AvgIpc) is 2.54. The van der Waals surface area contributed by atoms with Crippen molar-refractivity contribution < 1.29 is 17.9 Å². The minimum Gasteiger partial charge on any atom is -0.377 e. The first-order chi connectivity index (χ1) is 10.9. The highest BCUT2D eigenvalue weighted by Crippen LogP contribution is 2.09. The Kier molecular flexibility index (Phi) is 5.97. The number of rotatable bonds is 5. The molecule has 1 aliphatic heterocycles. The van der Waals surface area contributed by atoms with E-state index in [1.54, 1.807) is 17.0 Å². The Morgan fingerprint density at radius 3 is 2.57 bits per heavy atom. The summed E-state index contributed by atoms with van der Waals surface area (Å²) >= 11 is 0.